The van der Waals surface area contributed by atoms with E-state index in [4.69, 9.17) is 5.73 Å². The van der Waals surface area contributed by atoms with Crippen molar-refractivity contribution in [3.8, 4) is 0 Å². The molecule has 0 saturated heterocycles. The Morgan fingerprint density at radius 3 is 2.89 bits per heavy atom. The van der Waals surface area contributed by atoms with Crippen LogP contribution < -0.4 is 11.1 Å². The number of benzene rings is 1. The highest BCUT2D eigenvalue weighted by Gasteiger charge is 2.25. The second-order valence-electron chi connectivity index (χ2n) is 5.33. The number of nitrogens with one attached hydrogen (secondary N) is 1. The molecule has 0 amide bonds. The largest absolute Gasteiger partial charge is 0.330 e. The average Bonchev–Trinajstić information content (AvgIpc) is 2.39. The maximum atomic E-state index is 5.88. The molecule has 2 nitrogen and oxygen atoms in total. The summed E-state index contributed by atoms with van der Waals surface area (Å²) in [7, 11) is 0. The molecule has 3 atom stereocenters. The highest BCUT2D eigenvalue weighted by Crippen LogP contribution is 2.26. The second-order valence-corrected chi connectivity index (χ2v) is 6.25. The Bertz CT molecular complexity index is 381. The molecule has 0 spiro atoms. The molecule has 0 aromatic heterocycles. The van der Waals surface area contributed by atoms with E-state index in [2.05, 4.69) is 52.4 Å². The lowest BCUT2D eigenvalue weighted by Gasteiger charge is -2.34. The number of halogens is 1. The molecule has 2 rings (SSSR count). The SMILES string of the molecule is C[C@H](NC1CCCCC1CN)c1cccc(Br)c1. The van der Waals surface area contributed by atoms with Gasteiger partial charge in [0.15, 0.2) is 0 Å². The van der Waals surface area contributed by atoms with Gasteiger partial charge in [0, 0.05) is 16.6 Å². The van der Waals surface area contributed by atoms with Crippen molar-refractivity contribution in [3.63, 3.8) is 0 Å². The topological polar surface area (TPSA) is 38.0 Å². The van der Waals surface area contributed by atoms with Gasteiger partial charge in [-0.05, 0) is 49.9 Å². The lowest BCUT2D eigenvalue weighted by Crippen LogP contribution is -2.42. The van der Waals surface area contributed by atoms with Gasteiger partial charge in [0.25, 0.3) is 0 Å². The molecule has 3 heteroatoms. The fourth-order valence-electron chi connectivity index (χ4n) is 2.90. The molecule has 1 aromatic rings. The van der Waals surface area contributed by atoms with Gasteiger partial charge in [-0.2, -0.15) is 0 Å². The summed E-state index contributed by atoms with van der Waals surface area (Å²) in [5.74, 6) is 0.647. The van der Waals surface area contributed by atoms with Crippen LogP contribution >= 0.6 is 15.9 Å². The van der Waals surface area contributed by atoms with E-state index in [1.54, 1.807) is 0 Å². The normalized spacial score (nSPS) is 25.9. The minimum atomic E-state index is 0.389. The van der Waals surface area contributed by atoms with Crippen LogP contribution in [-0.2, 0) is 0 Å². The van der Waals surface area contributed by atoms with Crippen molar-refractivity contribution in [3.05, 3.63) is 34.3 Å². The first-order chi connectivity index (χ1) is 8.70. The molecule has 100 valence electrons. The van der Waals surface area contributed by atoms with Gasteiger partial charge >= 0.3 is 0 Å². The Hall–Kier alpha value is -0.380. The minimum absolute atomic E-state index is 0.389. The molecule has 0 aliphatic heterocycles. The van der Waals surface area contributed by atoms with E-state index in [1.807, 2.05) is 0 Å². The van der Waals surface area contributed by atoms with Crippen LogP contribution in [0.2, 0.25) is 0 Å². The van der Waals surface area contributed by atoms with Gasteiger partial charge in [-0.1, -0.05) is 40.9 Å². The molecule has 2 unspecified atom stereocenters. The molecule has 0 heterocycles. The van der Waals surface area contributed by atoms with Crippen LogP contribution in [0.4, 0.5) is 0 Å². The summed E-state index contributed by atoms with van der Waals surface area (Å²) in [4.78, 5) is 0. The minimum Gasteiger partial charge on any atom is -0.330 e. The third-order valence-corrected chi connectivity index (χ3v) is 4.52. The molecule has 1 fully saturated rings. The first-order valence-corrected chi connectivity index (χ1v) is 7.71. The van der Waals surface area contributed by atoms with E-state index in [0.29, 0.717) is 18.0 Å². The van der Waals surface area contributed by atoms with Crippen LogP contribution in [0.5, 0.6) is 0 Å². The molecule has 0 radical (unpaired) electrons. The van der Waals surface area contributed by atoms with Gasteiger partial charge in [0.05, 0.1) is 0 Å². The Morgan fingerprint density at radius 2 is 2.17 bits per heavy atom. The molecule has 0 bridgehead atoms. The van der Waals surface area contributed by atoms with Gasteiger partial charge in [-0.15, -0.1) is 0 Å². The zero-order chi connectivity index (χ0) is 13.0. The van der Waals surface area contributed by atoms with Crippen molar-refractivity contribution in [2.45, 2.75) is 44.7 Å². The smallest absolute Gasteiger partial charge is 0.0294 e. The van der Waals surface area contributed by atoms with Crippen LogP contribution in [0.15, 0.2) is 28.7 Å². The molecule has 3 N–H and O–H groups in total. The zero-order valence-corrected chi connectivity index (χ0v) is 12.6. The van der Waals surface area contributed by atoms with E-state index in [0.717, 1.165) is 11.0 Å². The van der Waals surface area contributed by atoms with Gasteiger partial charge in [0.1, 0.15) is 0 Å². The summed E-state index contributed by atoms with van der Waals surface area (Å²) in [6, 6.07) is 9.51. The van der Waals surface area contributed by atoms with Gasteiger partial charge in [0.2, 0.25) is 0 Å². The van der Waals surface area contributed by atoms with Crippen LogP contribution in [-0.4, -0.2) is 12.6 Å². The first kappa shape index (κ1) is 14.0. The van der Waals surface area contributed by atoms with Crippen LogP contribution in [0.25, 0.3) is 0 Å². The summed E-state index contributed by atoms with van der Waals surface area (Å²) in [6.45, 7) is 3.05. The maximum Gasteiger partial charge on any atom is 0.0294 e. The van der Waals surface area contributed by atoms with Gasteiger partial charge in [-0.3, -0.25) is 0 Å². The lowest BCUT2D eigenvalue weighted by molar-refractivity contribution is 0.252. The van der Waals surface area contributed by atoms with Crippen LogP contribution in [0.1, 0.15) is 44.2 Å². The van der Waals surface area contributed by atoms with E-state index in [-0.39, 0.29) is 0 Å². The number of nitrogens with two attached hydrogens (primary N) is 1. The van der Waals surface area contributed by atoms with Crippen molar-refractivity contribution in [2.24, 2.45) is 11.7 Å². The molecular weight excluding hydrogens is 288 g/mol. The third kappa shape index (κ3) is 3.56. The van der Waals surface area contributed by atoms with Crippen molar-refractivity contribution in [2.75, 3.05) is 6.54 Å². The van der Waals surface area contributed by atoms with E-state index >= 15 is 0 Å². The molecule has 1 aliphatic carbocycles. The molecule has 1 aliphatic rings. The average molecular weight is 311 g/mol. The predicted molar refractivity (Wildman–Crippen MR) is 80.5 cm³/mol. The Kier molecular flexibility index (Phi) is 5.22. The Morgan fingerprint density at radius 1 is 1.39 bits per heavy atom. The lowest BCUT2D eigenvalue weighted by atomic mass is 9.84. The van der Waals surface area contributed by atoms with Crippen LogP contribution in [0, 0.1) is 5.92 Å². The second kappa shape index (κ2) is 6.69. The Balaban J connectivity index is 1.99. The van der Waals surface area contributed by atoms with E-state index < -0.39 is 0 Å². The van der Waals surface area contributed by atoms with E-state index in [1.165, 1.54) is 31.2 Å². The summed E-state index contributed by atoms with van der Waals surface area (Å²) in [5, 5.41) is 3.76. The highest BCUT2D eigenvalue weighted by molar-refractivity contribution is 9.10. The summed E-state index contributed by atoms with van der Waals surface area (Å²) in [6.07, 6.45) is 5.21. The first-order valence-electron chi connectivity index (χ1n) is 6.92. The van der Waals surface area contributed by atoms with Crippen molar-refractivity contribution in [1.29, 1.82) is 0 Å². The number of rotatable bonds is 4. The predicted octanol–water partition coefficient (Wildman–Crippen LogP) is 3.62. The zero-order valence-electron chi connectivity index (χ0n) is 11.0. The Labute approximate surface area is 118 Å². The summed E-state index contributed by atoms with van der Waals surface area (Å²) in [5.41, 5.74) is 7.22. The van der Waals surface area contributed by atoms with Gasteiger partial charge < -0.3 is 11.1 Å². The third-order valence-electron chi connectivity index (χ3n) is 4.02. The van der Waals surface area contributed by atoms with Crippen molar-refractivity contribution < 1.29 is 0 Å². The molecule has 18 heavy (non-hydrogen) atoms. The quantitative estimate of drug-likeness (QED) is 0.891. The summed E-state index contributed by atoms with van der Waals surface area (Å²) >= 11 is 3.53. The monoisotopic (exact) mass is 310 g/mol. The van der Waals surface area contributed by atoms with Crippen LogP contribution in [0.3, 0.4) is 0 Å². The maximum absolute atomic E-state index is 5.88. The van der Waals surface area contributed by atoms with Gasteiger partial charge in [-0.25, -0.2) is 0 Å². The van der Waals surface area contributed by atoms with E-state index in [9.17, 15) is 0 Å². The fraction of sp³-hybridized carbons (Fsp3) is 0.600. The highest BCUT2D eigenvalue weighted by atomic mass is 79.9. The molecule has 1 aromatic carbocycles. The molecular formula is C15H23BrN2. The number of hydrogen-bond acceptors (Lipinski definition) is 2. The van der Waals surface area contributed by atoms with Crippen molar-refractivity contribution in [1.82, 2.24) is 5.32 Å². The molecule has 1 saturated carbocycles. The fourth-order valence-corrected chi connectivity index (χ4v) is 3.32. The van der Waals surface area contributed by atoms with Crippen molar-refractivity contribution >= 4 is 15.9 Å². The standard InChI is InChI=1S/C15H23BrN2/c1-11(12-6-4-7-14(16)9-12)18-15-8-3-2-5-13(15)10-17/h4,6-7,9,11,13,15,18H,2-3,5,8,10,17H2,1H3/t11-,13?,15?/m0/s1. The number of hydrogen-bond donors (Lipinski definition) is 2. The summed E-state index contributed by atoms with van der Waals surface area (Å²) < 4.78 is 1.15.